The molecule has 0 bridgehead atoms. The van der Waals surface area contributed by atoms with Gasteiger partial charge in [0.1, 0.15) is 18.1 Å². The summed E-state index contributed by atoms with van der Waals surface area (Å²) < 4.78 is 68.0. The third-order valence-electron chi connectivity index (χ3n) is 6.30. The number of hydrogen-bond acceptors (Lipinski definition) is 9. The van der Waals surface area contributed by atoms with E-state index in [1.165, 1.54) is 44.5 Å². The van der Waals surface area contributed by atoms with Gasteiger partial charge in [0, 0.05) is 18.2 Å². The van der Waals surface area contributed by atoms with Crippen LogP contribution >= 0.6 is 46.4 Å². The lowest BCUT2D eigenvalue weighted by molar-refractivity contribution is -0.117. The standard InChI is InChI=1S/C30H31Cl4NO9S2/c1-17(2)14-15-42-23-13-10-20(16-22(23)35(4)29(36)30(32,33)34)24-18(3)26(31)25(27(41-5)28(24)44-46(7,39)40)19-8-11-21(12-9-19)43-45(6,37)38/h8-14,16H,15H2,1-7H3. The number of rotatable bonds is 11. The first-order valence-electron chi connectivity index (χ1n) is 13.2. The Bertz CT molecular complexity index is 1880. The molecule has 0 spiro atoms. The number of carbonyl (C=O) groups is 1. The van der Waals surface area contributed by atoms with Gasteiger partial charge in [-0.2, -0.15) is 16.8 Å². The van der Waals surface area contributed by atoms with Crippen molar-refractivity contribution in [2.75, 3.05) is 38.2 Å². The van der Waals surface area contributed by atoms with Crippen molar-refractivity contribution in [3.05, 3.63) is 64.7 Å². The molecule has 0 atom stereocenters. The van der Waals surface area contributed by atoms with Crippen LogP contribution in [0.15, 0.2) is 54.1 Å². The minimum absolute atomic E-state index is 0.0380. The van der Waals surface area contributed by atoms with E-state index in [0.29, 0.717) is 16.7 Å². The van der Waals surface area contributed by atoms with Crippen LogP contribution in [-0.4, -0.2) is 59.8 Å². The summed E-state index contributed by atoms with van der Waals surface area (Å²) in [6.07, 6.45) is 3.62. The molecule has 0 radical (unpaired) electrons. The Balaban J connectivity index is 2.36. The number of carbonyl (C=O) groups excluding carboxylic acids is 1. The molecule has 3 aromatic rings. The summed E-state index contributed by atoms with van der Waals surface area (Å²) in [5, 5.41) is 0.167. The molecule has 16 heteroatoms. The second kappa shape index (κ2) is 14.5. The average Bonchev–Trinajstić information content (AvgIpc) is 2.92. The highest BCUT2D eigenvalue weighted by Crippen LogP contribution is 2.52. The van der Waals surface area contributed by atoms with Crippen LogP contribution in [0.25, 0.3) is 22.3 Å². The Morgan fingerprint density at radius 2 is 1.46 bits per heavy atom. The molecule has 0 fully saturated rings. The number of nitrogens with zero attached hydrogens (tertiary/aromatic N) is 1. The third-order valence-corrected chi connectivity index (χ3v) is 8.22. The van der Waals surface area contributed by atoms with E-state index in [4.69, 9.17) is 64.2 Å². The summed E-state index contributed by atoms with van der Waals surface area (Å²) >= 11 is 24.7. The van der Waals surface area contributed by atoms with Gasteiger partial charge < -0.3 is 22.7 Å². The Hall–Kier alpha value is -2.87. The smallest absolute Gasteiger partial charge is 0.306 e. The van der Waals surface area contributed by atoms with Gasteiger partial charge in [-0.25, -0.2) is 0 Å². The molecular weight excluding hydrogens is 724 g/mol. The summed E-state index contributed by atoms with van der Waals surface area (Å²) in [5.41, 5.74) is 2.86. The van der Waals surface area contributed by atoms with E-state index in [2.05, 4.69) is 0 Å². The van der Waals surface area contributed by atoms with Crippen molar-refractivity contribution >= 4 is 78.2 Å². The largest absolute Gasteiger partial charge is 0.492 e. The van der Waals surface area contributed by atoms with Crippen LogP contribution in [-0.2, 0) is 25.0 Å². The number of benzene rings is 3. The maximum Gasteiger partial charge on any atom is 0.306 e. The lowest BCUT2D eigenvalue weighted by Crippen LogP contribution is -2.36. The summed E-state index contributed by atoms with van der Waals surface area (Å²) in [5.74, 6) is -0.793. The van der Waals surface area contributed by atoms with Crippen molar-refractivity contribution in [2.45, 2.75) is 24.6 Å². The van der Waals surface area contributed by atoms with Crippen LogP contribution in [0.1, 0.15) is 19.4 Å². The molecule has 0 aliphatic heterocycles. The van der Waals surface area contributed by atoms with Crippen LogP contribution in [0.4, 0.5) is 5.69 Å². The maximum absolute atomic E-state index is 13.0. The molecule has 0 unspecified atom stereocenters. The molecule has 10 nitrogen and oxygen atoms in total. The molecular formula is C30H31Cl4NO9S2. The molecule has 3 rings (SSSR count). The SMILES string of the molecule is COc1c(OS(C)(=O)=O)c(-c2ccc(OCC=C(C)C)c(N(C)C(=O)C(Cl)(Cl)Cl)c2)c(C)c(Cl)c1-c1ccc(OS(C)(=O)=O)cc1. The topological polar surface area (TPSA) is 126 Å². The van der Waals surface area contributed by atoms with Gasteiger partial charge in [-0.3, -0.25) is 4.79 Å². The summed E-state index contributed by atoms with van der Waals surface area (Å²) in [7, 11) is -5.21. The molecule has 0 aromatic heterocycles. The first-order chi connectivity index (χ1) is 21.1. The first kappa shape index (κ1) is 37.6. The minimum atomic E-state index is -4.14. The fourth-order valence-corrected chi connectivity index (χ4v) is 5.92. The summed E-state index contributed by atoms with van der Waals surface area (Å²) in [6.45, 7) is 5.62. The molecule has 0 saturated heterocycles. The van der Waals surface area contributed by atoms with E-state index in [9.17, 15) is 21.6 Å². The van der Waals surface area contributed by atoms with E-state index < -0.39 is 29.9 Å². The number of anilines is 1. The van der Waals surface area contributed by atoms with E-state index in [1.807, 2.05) is 19.9 Å². The van der Waals surface area contributed by atoms with E-state index in [0.717, 1.165) is 23.0 Å². The molecule has 0 N–H and O–H groups in total. The van der Waals surface area contributed by atoms with E-state index in [-0.39, 0.29) is 51.4 Å². The van der Waals surface area contributed by atoms with Crippen LogP contribution in [0.5, 0.6) is 23.0 Å². The predicted octanol–water partition coefficient (Wildman–Crippen LogP) is 7.35. The number of amides is 1. The van der Waals surface area contributed by atoms with Gasteiger partial charge in [0.25, 0.3) is 9.70 Å². The Morgan fingerprint density at radius 1 is 0.891 bits per heavy atom. The Labute approximate surface area is 288 Å². The predicted molar refractivity (Wildman–Crippen MR) is 183 cm³/mol. The number of allylic oxidation sites excluding steroid dienone is 1. The van der Waals surface area contributed by atoms with Crippen LogP contribution < -0.4 is 22.7 Å². The second-order valence-electron chi connectivity index (χ2n) is 10.3. The zero-order valence-corrected chi connectivity index (χ0v) is 30.4. The molecule has 0 aliphatic rings. The zero-order valence-electron chi connectivity index (χ0n) is 25.8. The van der Waals surface area contributed by atoms with Crippen molar-refractivity contribution in [2.24, 2.45) is 0 Å². The third kappa shape index (κ3) is 9.36. The number of alkyl halides is 3. The van der Waals surface area contributed by atoms with Gasteiger partial charge >= 0.3 is 20.2 Å². The quantitative estimate of drug-likeness (QED) is 0.112. The minimum Gasteiger partial charge on any atom is -0.492 e. The van der Waals surface area contributed by atoms with Gasteiger partial charge in [-0.15, -0.1) is 0 Å². The van der Waals surface area contributed by atoms with Crippen LogP contribution in [0, 0.1) is 6.92 Å². The van der Waals surface area contributed by atoms with E-state index >= 15 is 0 Å². The molecule has 1 amide bonds. The lowest BCUT2D eigenvalue weighted by Gasteiger charge is -2.26. The highest BCUT2D eigenvalue weighted by molar-refractivity contribution is 7.86. The average molecular weight is 756 g/mol. The number of ether oxygens (including phenoxy) is 2. The molecule has 0 heterocycles. The zero-order chi connectivity index (χ0) is 34.8. The van der Waals surface area contributed by atoms with Crippen molar-refractivity contribution < 1.29 is 39.5 Å². The van der Waals surface area contributed by atoms with Gasteiger partial charge in [-0.05, 0) is 67.8 Å². The monoisotopic (exact) mass is 753 g/mol. The summed E-state index contributed by atoms with van der Waals surface area (Å²) in [4.78, 5) is 14.1. The van der Waals surface area contributed by atoms with Gasteiger partial charge in [-0.1, -0.05) is 70.2 Å². The fourth-order valence-electron chi connectivity index (χ4n) is 4.33. The maximum atomic E-state index is 13.0. The summed E-state index contributed by atoms with van der Waals surface area (Å²) in [6, 6.07) is 10.6. The highest BCUT2D eigenvalue weighted by Gasteiger charge is 2.36. The first-order valence-corrected chi connectivity index (χ1v) is 18.3. The van der Waals surface area contributed by atoms with Crippen molar-refractivity contribution in [3.8, 4) is 45.3 Å². The lowest BCUT2D eigenvalue weighted by atomic mass is 9.92. The molecule has 250 valence electrons. The van der Waals surface area contributed by atoms with Crippen molar-refractivity contribution in [1.82, 2.24) is 0 Å². The highest BCUT2D eigenvalue weighted by atomic mass is 35.6. The molecule has 0 aliphatic carbocycles. The Morgan fingerprint density at radius 3 is 1.96 bits per heavy atom. The number of halogens is 4. The van der Waals surface area contributed by atoms with Crippen molar-refractivity contribution in [3.63, 3.8) is 0 Å². The number of methoxy groups -OCH3 is 1. The normalized spacial score (nSPS) is 11.9. The molecule has 3 aromatic carbocycles. The van der Waals surface area contributed by atoms with Crippen LogP contribution in [0.2, 0.25) is 5.02 Å². The molecule has 46 heavy (non-hydrogen) atoms. The van der Waals surface area contributed by atoms with Gasteiger partial charge in [0.05, 0.1) is 30.3 Å². The fraction of sp³-hybridized carbons (Fsp3) is 0.300. The van der Waals surface area contributed by atoms with Gasteiger partial charge in [0.2, 0.25) is 0 Å². The number of hydrogen-bond donors (Lipinski definition) is 0. The van der Waals surface area contributed by atoms with Crippen molar-refractivity contribution in [1.29, 1.82) is 0 Å². The van der Waals surface area contributed by atoms with Crippen LogP contribution in [0.3, 0.4) is 0 Å². The second-order valence-corrected chi connectivity index (χ2v) is 16.1. The van der Waals surface area contributed by atoms with E-state index in [1.54, 1.807) is 19.1 Å². The molecule has 0 saturated carbocycles. The Kier molecular flexibility index (Phi) is 11.8. The van der Waals surface area contributed by atoms with Gasteiger partial charge in [0.15, 0.2) is 11.5 Å².